The molecule has 21 heavy (non-hydrogen) atoms. The van der Waals surface area contributed by atoms with Gasteiger partial charge in [-0.15, -0.1) is 0 Å². The fourth-order valence-electron chi connectivity index (χ4n) is 2.78. The fraction of sp³-hybridized carbons (Fsp3) is 0.500. The molecule has 1 aliphatic carbocycles. The highest BCUT2D eigenvalue weighted by Gasteiger charge is 2.41. The summed E-state index contributed by atoms with van der Waals surface area (Å²) >= 11 is 0. The number of rotatable bonds is 7. The minimum atomic E-state index is 0.525. The van der Waals surface area contributed by atoms with E-state index in [4.69, 9.17) is 4.42 Å². The molecule has 0 bridgehead atoms. The summed E-state index contributed by atoms with van der Waals surface area (Å²) in [6.07, 6.45) is 3.98. The summed E-state index contributed by atoms with van der Waals surface area (Å²) in [6.45, 7) is 6.41. The average molecular weight is 284 g/mol. The van der Waals surface area contributed by atoms with Crippen LogP contribution in [0.15, 0.2) is 40.9 Å². The molecule has 2 atom stereocenters. The van der Waals surface area contributed by atoms with Crippen molar-refractivity contribution in [1.82, 2.24) is 10.3 Å². The number of nitrogens with zero attached hydrogens (tertiary/aromatic N) is 1. The number of nitrogens with one attached hydrogen (secondary N) is 1. The van der Waals surface area contributed by atoms with Crippen molar-refractivity contribution in [3.8, 4) is 0 Å². The van der Waals surface area contributed by atoms with Crippen molar-refractivity contribution in [2.45, 2.75) is 38.5 Å². The van der Waals surface area contributed by atoms with E-state index in [0.29, 0.717) is 17.8 Å². The maximum absolute atomic E-state index is 5.92. The van der Waals surface area contributed by atoms with Crippen LogP contribution in [0.5, 0.6) is 0 Å². The Hall–Kier alpha value is -1.61. The molecule has 0 spiro atoms. The lowest BCUT2D eigenvalue weighted by atomic mass is 10.1. The van der Waals surface area contributed by atoms with E-state index in [1.165, 1.54) is 12.0 Å². The molecule has 3 rings (SSSR count). The molecule has 1 saturated carbocycles. The third kappa shape index (κ3) is 3.73. The Kier molecular flexibility index (Phi) is 4.39. The Morgan fingerprint density at radius 2 is 2.05 bits per heavy atom. The first kappa shape index (κ1) is 14.3. The molecular formula is C18H24N2O. The van der Waals surface area contributed by atoms with E-state index >= 15 is 0 Å². The monoisotopic (exact) mass is 284 g/mol. The fourth-order valence-corrected chi connectivity index (χ4v) is 2.78. The SMILES string of the molecule is CC(C)CNCCc1ncc(C2CC2c2ccccc2)o1. The van der Waals surface area contributed by atoms with E-state index in [1.54, 1.807) is 0 Å². The Balaban J connectivity index is 1.50. The van der Waals surface area contributed by atoms with Gasteiger partial charge in [-0.25, -0.2) is 4.98 Å². The molecule has 3 heteroatoms. The van der Waals surface area contributed by atoms with Crippen molar-refractivity contribution in [3.63, 3.8) is 0 Å². The predicted molar refractivity (Wildman–Crippen MR) is 84.5 cm³/mol. The normalized spacial score (nSPS) is 20.9. The molecule has 0 amide bonds. The Morgan fingerprint density at radius 3 is 2.81 bits per heavy atom. The minimum Gasteiger partial charge on any atom is -0.445 e. The molecule has 112 valence electrons. The molecule has 0 aliphatic heterocycles. The Bertz CT molecular complexity index is 562. The molecule has 1 fully saturated rings. The van der Waals surface area contributed by atoms with Crippen LogP contribution < -0.4 is 5.32 Å². The van der Waals surface area contributed by atoms with Gasteiger partial charge in [0.25, 0.3) is 0 Å². The summed E-state index contributed by atoms with van der Waals surface area (Å²) in [5.74, 6) is 3.74. The van der Waals surface area contributed by atoms with Crippen molar-refractivity contribution < 1.29 is 4.42 Å². The van der Waals surface area contributed by atoms with Crippen LogP contribution in [0.1, 0.15) is 49.3 Å². The molecule has 1 aliphatic rings. The molecule has 1 heterocycles. The van der Waals surface area contributed by atoms with Gasteiger partial charge in [-0.2, -0.15) is 0 Å². The molecule has 0 saturated heterocycles. The number of oxazole rings is 1. The lowest BCUT2D eigenvalue weighted by Crippen LogP contribution is -2.22. The van der Waals surface area contributed by atoms with Gasteiger partial charge < -0.3 is 9.73 Å². The van der Waals surface area contributed by atoms with E-state index in [-0.39, 0.29) is 0 Å². The van der Waals surface area contributed by atoms with Gasteiger partial charge in [-0.1, -0.05) is 44.2 Å². The summed E-state index contributed by atoms with van der Waals surface area (Å²) in [7, 11) is 0. The number of aromatic nitrogens is 1. The first-order valence-corrected chi connectivity index (χ1v) is 7.94. The van der Waals surface area contributed by atoms with E-state index in [0.717, 1.165) is 31.2 Å². The predicted octanol–water partition coefficient (Wildman–Crippen LogP) is 3.73. The van der Waals surface area contributed by atoms with Gasteiger partial charge in [0.05, 0.1) is 6.20 Å². The Labute approximate surface area is 126 Å². The van der Waals surface area contributed by atoms with Crippen molar-refractivity contribution in [1.29, 1.82) is 0 Å². The minimum absolute atomic E-state index is 0.525. The maximum Gasteiger partial charge on any atom is 0.195 e. The second-order valence-corrected chi connectivity index (χ2v) is 6.36. The third-order valence-electron chi connectivity index (χ3n) is 4.02. The van der Waals surface area contributed by atoms with Crippen molar-refractivity contribution >= 4 is 0 Å². The van der Waals surface area contributed by atoms with Gasteiger partial charge >= 0.3 is 0 Å². The van der Waals surface area contributed by atoms with E-state index in [9.17, 15) is 0 Å². The quantitative estimate of drug-likeness (QED) is 0.787. The molecule has 3 nitrogen and oxygen atoms in total. The van der Waals surface area contributed by atoms with Crippen LogP contribution in [-0.2, 0) is 6.42 Å². The van der Waals surface area contributed by atoms with Crippen LogP contribution in [0, 0.1) is 5.92 Å². The molecular weight excluding hydrogens is 260 g/mol. The molecule has 1 N–H and O–H groups in total. The summed E-state index contributed by atoms with van der Waals surface area (Å²) in [6, 6.07) is 10.7. The number of benzene rings is 1. The lowest BCUT2D eigenvalue weighted by molar-refractivity contribution is 0.443. The lowest BCUT2D eigenvalue weighted by Gasteiger charge is -2.05. The summed E-state index contributed by atoms with van der Waals surface area (Å²) in [5.41, 5.74) is 1.42. The first-order chi connectivity index (χ1) is 10.2. The van der Waals surface area contributed by atoms with Crippen molar-refractivity contribution in [2.24, 2.45) is 5.92 Å². The van der Waals surface area contributed by atoms with E-state index in [1.807, 2.05) is 6.20 Å². The standard InChI is InChI=1S/C18H24N2O/c1-13(2)11-19-9-8-18-20-12-17(21-18)16-10-15(16)14-6-4-3-5-7-14/h3-7,12-13,15-16,19H,8-11H2,1-2H3. The second-order valence-electron chi connectivity index (χ2n) is 6.36. The number of hydrogen-bond donors (Lipinski definition) is 1. The van der Waals surface area contributed by atoms with Gasteiger partial charge in [0.15, 0.2) is 5.89 Å². The zero-order valence-electron chi connectivity index (χ0n) is 12.9. The largest absolute Gasteiger partial charge is 0.445 e. The highest BCUT2D eigenvalue weighted by molar-refractivity contribution is 5.31. The van der Waals surface area contributed by atoms with Gasteiger partial charge in [0, 0.05) is 18.9 Å². The zero-order valence-corrected chi connectivity index (χ0v) is 12.9. The molecule has 1 aromatic heterocycles. The van der Waals surface area contributed by atoms with Crippen LogP contribution >= 0.6 is 0 Å². The van der Waals surface area contributed by atoms with Crippen molar-refractivity contribution in [3.05, 3.63) is 53.7 Å². The zero-order chi connectivity index (χ0) is 14.7. The van der Waals surface area contributed by atoms with E-state index in [2.05, 4.69) is 54.5 Å². The summed E-state index contributed by atoms with van der Waals surface area (Å²) < 4.78 is 5.92. The van der Waals surface area contributed by atoms with Crippen molar-refractivity contribution in [2.75, 3.05) is 13.1 Å². The average Bonchev–Trinajstić information content (AvgIpc) is 3.16. The van der Waals surface area contributed by atoms with Crippen LogP contribution in [0.25, 0.3) is 0 Å². The van der Waals surface area contributed by atoms with Crippen LogP contribution in [0.2, 0.25) is 0 Å². The first-order valence-electron chi connectivity index (χ1n) is 7.94. The summed E-state index contributed by atoms with van der Waals surface area (Å²) in [4.78, 5) is 4.42. The highest BCUT2D eigenvalue weighted by Crippen LogP contribution is 2.54. The topological polar surface area (TPSA) is 38.1 Å². The second kappa shape index (κ2) is 6.44. The van der Waals surface area contributed by atoms with Gasteiger partial charge in [0.1, 0.15) is 5.76 Å². The molecule has 0 radical (unpaired) electrons. The third-order valence-corrected chi connectivity index (χ3v) is 4.02. The number of hydrogen-bond acceptors (Lipinski definition) is 3. The maximum atomic E-state index is 5.92. The molecule has 2 aromatic rings. The van der Waals surface area contributed by atoms with E-state index < -0.39 is 0 Å². The molecule has 2 unspecified atom stereocenters. The summed E-state index contributed by atoms with van der Waals surface area (Å²) in [5, 5.41) is 3.42. The van der Waals surface area contributed by atoms with Crippen LogP contribution in [0.3, 0.4) is 0 Å². The van der Waals surface area contributed by atoms with Gasteiger partial charge in [-0.05, 0) is 30.4 Å². The Morgan fingerprint density at radius 1 is 1.24 bits per heavy atom. The van der Waals surface area contributed by atoms with Crippen LogP contribution in [-0.4, -0.2) is 18.1 Å². The molecule has 1 aromatic carbocycles. The highest BCUT2D eigenvalue weighted by atomic mass is 16.4. The van der Waals surface area contributed by atoms with Crippen LogP contribution in [0.4, 0.5) is 0 Å². The van der Waals surface area contributed by atoms with Gasteiger partial charge in [-0.3, -0.25) is 0 Å². The van der Waals surface area contributed by atoms with Gasteiger partial charge in [0.2, 0.25) is 0 Å². The smallest absolute Gasteiger partial charge is 0.195 e.